The Morgan fingerprint density at radius 2 is 1.89 bits per heavy atom. The first-order valence-corrected chi connectivity index (χ1v) is 8.89. The molecule has 4 N–H and O–H groups in total. The van der Waals surface area contributed by atoms with Crippen LogP contribution in [0.25, 0.3) is 0 Å². The topological polar surface area (TPSA) is 122 Å². The molecule has 0 aromatic heterocycles. The number of alkyl halides is 2. The normalized spacial score (nSPS) is 20.6. The molecule has 4 amide bonds. The number of amides is 4. The number of nitrogens with zero attached hydrogens (tertiary/aromatic N) is 1. The molecule has 10 heteroatoms. The van der Waals surface area contributed by atoms with Gasteiger partial charge in [0.05, 0.1) is 17.2 Å². The number of nitrogens with one attached hydrogen (secondary N) is 2. The smallest absolute Gasteiger partial charge is 0.262 e. The molecular formula is C18H20F2N4O4. The van der Waals surface area contributed by atoms with Gasteiger partial charge in [-0.15, -0.1) is 0 Å². The Bertz CT molecular complexity index is 830. The lowest BCUT2D eigenvalue weighted by Gasteiger charge is -2.27. The lowest BCUT2D eigenvalue weighted by Crippen LogP contribution is -2.54. The summed E-state index contributed by atoms with van der Waals surface area (Å²) in [4.78, 5) is 49.5. The Balaban J connectivity index is 1.76. The minimum Gasteiger partial charge on any atom is -0.330 e. The molecule has 0 bridgehead atoms. The van der Waals surface area contributed by atoms with Crippen LogP contribution in [-0.4, -0.2) is 53.6 Å². The molecule has 8 nitrogen and oxygen atoms in total. The zero-order valence-corrected chi connectivity index (χ0v) is 14.9. The summed E-state index contributed by atoms with van der Waals surface area (Å²) in [7, 11) is 0. The molecule has 2 aliphatic heterocycles. The number of rotatable bonds is 7. The van der Waals surface area contributed by atoms with E-state index in [4.69, 9.17) is 5.73 Å². The largest absolute Gasteiger partial charge is 0.330 e. The second-order valence-electron chi connectivity index (χ2n) is 6.73. The number of halogens is 2. The first-order chi connectivity index (χ1) is 13.3. The third-order valence-corrected chi connectivity index (χ3v) is 4.85. The van der Waals surface area contributed by atoms with E-state index in [1.54, 1.807) is 6.07 Å². The number of imide groups is 2. The average Bonchev–Trinajstić information content (AvgIpc) is 2.89. The summed E-state index contributed by atoms with van der Waals surface area (Å²) in [5.74, 6) is -2.38. The van der Waals surface area contributed by atoms with Crippen LogP contribution in [0.1, 0.15) is 45.5 Å². The van der Waals surface area contributed by atoms with Gasteiger partial charge in [0.2, 0.25) is 11.8 Å². The van der Waals surface area contributed by atoms with Crippen molar-refractivity contribution in [2.24, 2.45) is 5.73 Å². The van der Waals surface area contributed by atoms with Gasteiger partial charge in [0.15, 0.2) is 0 Å². The summed E-state index contributed by atoms with van der Waals surface area (Å²) in [6.07, 6.45) is -2.37. The van der Waals surface area contributed by atoms with Crippen molar-refractivity contribution in [1.29, 1.82) is 0 Å². The number of hydrogen-bond acceptors (Lipinski definition) is 6. The van der Waals surface area contributed by atoms with Gasteiger partial charge in [-0.3, -0.25) is 29.4 Å². The number of benzene rings is 1. The molecule has 150 valence electrons. The second kappa shape index (κ2) is 8.11. The van der Waals surface area contributed by atoms with Crippen molar-refractivity contribution in [2.45, 2.75) is 44.3 Å². The van der Waals surface area contributed by atoms with Crippen molar-refractivity contribution in [1.82, 2.24) is 15.5 Å². The van der Waals surface area contributed by atoms with Crippen molar-refractivity contribution < 1.29 is 28.0 Å². The highest BCUT2D eigenvalue weighted by molar-refractivity contribution is 6.23. The molecule has 2 atom stereocenters. The molecule has 2 heterocycles. The van der Waals surface area contributed by atoms with Crippen LogP contribution in [0.4, 0.5) is 8.78 Å². The van der Waals surface area contributed by atoms with E-state index in [1.807, 2.05) is 0 Å². The number of piperidine rings is 1. The Morgan fingerprint density at radius 1 is 1.18 bits per heavy atom. The first-order valence-electron chi connectivity index (χ1n) is 8.89. The standard InChI is InChI=1S/C18H20F2N4O4/c19-15(20)12(5-6-21)22-8-9-1-2-10-11(7-9)18(28)24(17(10)27)13-3-4-14(25)23-16(13)26/h1-2,7,12-13,15,22H,3-6,8,21H2,(H,23,25,26). The third-order valence-electron chi connectivity index (χ3n) is 4.85. The minimum absolute atomic E-state index is 0.0368. The minimum atomic E-state index is -2.58. The molecule has 0 saturated carbocycles. The molecule has 1 aromatic carbocycles. The Kier molecular flexibility index (Phi) is 5.80. The molecule has 28 heavy (non-hydrogen) atoms. The average molecular weight is 394 g/mol. The molecule has 2 unspecified atom stereocenters. The summed E-state index contributed by atoms with van der Waals surface area (Å²) < 4.78 is 25.9. The maximum atomic E-state index is 13.0. The molecule has 1 aromatic rings. The van der Waals surface area contributed by atoms with E-state index in [2.05, 4.69) is 10.6 Å². The fraction of sp³-hybridized carbons (Fsp3) is 0.444. The molecule has 2 aliphatic rings. The number of carbonyl (C=O) groups is 4. The lowest BCUT2D eigenvalue weighted by atomic mass is 10.0. The van der Waals surface area contributed by atoms with Gasteiger partial charge in [0.1, 0.15) is 6.04 Å². The fourth-order valence-corrected chi connectivity index (χ4v) is 3.37. The van der Waals surface area contributed by atoms with E-state index in [-0.39, 0.29) is 43.5 Å². The van der Waals surface area contributed by atoms with Gasteiger partial charge < -0.3 is 11.1 Å². The van der Waals surface area contributed by atoms with Gasteiger partial charge in [-0.05, 0) is 37.1 Å². The summed E-state index contributed by atoms with van der Waals surface area (Å²) in [6.45, 7) is 0.183. The van der Waals surface area contributed by atoms with Crippen LogP contribution < -0.4 is 16.4 Å². The van der Waals surface area contributed by atoms with Gasteiger partial charge in [0.25, 0.3) is 18.2 Å². The van der Waals surface area contributed by atoms with Crippen LogP contribution in [-0.2, 0) is 16.1 Å². The zero-order chi connectivity index (χ0) is 20.4. The summed E-state index contributed by atoms with van der Waals surface area (Å²) in [5, 5.41) is 4.82. The van der Waals surface area contributed by atoms with Crippen LogP contribution in [0, 0.1) is 0 Å². The third kappa shape index (κ3) is 3.78. The van der Waals surface area contributed by atoms with Crippen LogP contribution in [0.15, 0.2) is 18.2 Å². The number of fused-ring (bicyclic) bond motifs is 1. The molecule has 0 spiro atoms. The molecule has 3 rings (SSSR count). The molecule has 0 aliphatic carbocycles. The van der Waals surface area contributed by atoms with Crippen LogP contribution in [0.3, 0.4) is 0 Å². The van der Waals surface area contributed by atoms with E-state index >= 15 is 0 Å². The highest BCUT2D eigenvalue weighted by Crippen LogP contribution is 2.28. The monoisotopic (exact) mass is 394 g/mol. The van der Waals surface area contributed by atoms with Gasteiger partial charge in [-0.2, -0.15) is 0 Å². The van der Waals surface area contributed by atoms with Gasteiger partial charge in [0, 0.05) is 13.0 Å². The Hall–Kier alpha value is -2.72. The van der Waals surface area contributed by atoms with Crippen molar-refractivity contribution in [2.75, 3.05) is 6.54 Å². The van der Waals surface area contributed by atoms with Crippen molar-refractivity contribution in [3.05, 3.63) is 34.9 Å². The van der Waals surface area contributed by atoms with E-state index < -0.39 is 42.1 Å². The van der Waals surface area contributed by atoms with E-state index in [0.29, 0.717) is 5.56 Å². The summed E-state index contributed by atoms with van der Waals surface area (Å²) in [5.41, 5.74) is 6.14. The van der Waals surface area contributed by atoms with Crippen LogP contribution in [0.2, 0.25) is 0 Å². The molecule has 1 saturated heterocycles. The van der Waals surface area contributed by atoms with Crippen molar-refractivity contribution in [3.63, 3.8) is 0 Å². The second-order valence-corrected chi connectivity index (χ2v) is 6.73. The van der Waals surface area contributed by atoms with E-state index in [0.717, 1.165) is 4.90 Å². The van der Waals surface area contributed by atoms with Crippen LogP contribution in [0.5, 0.6) is 0 Å². The molecular weight excluding hydrogens is 374 g/mol. The van der Waals surface area contributed by atoms with Gasteiger partial charge in [-0.25, -0.2) is 8.78 Å². The predicted octanol–water partition coefficient (Wildman–Crippen LogP) is 0.160. The highest BCUT2D eigenvalue weighted by atomic mass is 19.3. The summed E-state index contributed by atoms with van der Waals surface area (Å²) >= 11 is 0. The number of nitrogens with two attached hydrogens (primary N) is 1. The van der Waals surface area contributed by atoms with Crippen LogP contribution >= 0.6 is 0 Å². The van der Waals surface area contributed by atoms with E-state index in [1.165, 1.54) is 12.1 Å². The number of hydrogen-bond donors (Lipinski definition) is 3. The lowest BCUT2D eigenvalue weighted by molar-refractivity contribution is -0.136. The van der Waals surface area contributed by atoms with Gasteiger partial charge in [-0.1, -0.05) is 6.07 Å². The van der Waals surface area contributed by atoms with Crippen molar-refractivity contribution in [3.8, 4) is 0 Å². The zero-order valence-electron chi connectivity index (χ0n) is 14.9. The van der Waals surface area contributed by atoms with E-state index in [9.17, 15) is 28.0 Å². The molecule has 0 radical (unpaired) electrons. The quantitative estimate of drug-likeness (QED) is 0.567. The highest BCUT2D eigenvalue weighted by Gasteiger charge is 2.44. The Morgan fingerprint density at radius 3 is 2.54 bits per heavy atom. The predicted molar refractivity (Wildman–Crippen MR) is 93.4 cm³/mol. The first kappa shape index (κ1) is 20.0. The molecule has 1 fully saturated rings. The summed E-state index contributed by atoms with van der Waals surface area (Å²) in [6, 6.07) is 2.35. The fourth-order valence-electron chi connectivity index (χ4n) is 3.37. The van der Waals surface area contributed by atoms with Crippen molar-refractivity contribution >= 4 is 23.6 Å². The van der Waals surface area contributed by atoms with Gasteiger partial charge >= 0.3 is 0 Å². The maximum Gasteiger partial charge on any atom is 0.262 e. The Labute approximate surface area is 159 Å². The number of carbonyl (C=O) groups excluding carboxylic acids is 4. The maximum absolute atomic E-state index is 13.0. The SMILES string of the molecule is NCCC(NCc1ccc2c(c1)C(=O)N(C1CCC(=O)NC1=O)C2=O)C(F)F.